The van der Waals surface area contributed by atoms with Crippen LogP contribution in [0, 0.1) is 10.1 Å². The minimum absolute atomic E-state index is 0.0847. The van der Waals surface area contributed by atoms with Crippen molar-refractivity contribution in [3.63, 3.8) is 0 Å². The van der Waals surface area contributed by atoms with Crippen molar-refractivity contribution in [2.24, 2.45) is 0 Å². The van der Waals surface area contributed by atoms with E-state index in [1.165, 1.54) is 12.5 Å². The van der Waals surface area contributed by atoms with Gasteiger partial charge in [-0.2, -0.15) is 0 Å². The fourth-order valence-corrected chi connectivity index (χ4v) is 1.79. The quantitative estimate of drug-likeness (QED) is 0.538. The van der Waals surface area contributed by atoms with E-state index in [2.05, 4.69) is 10.2 Å². The number of para-hydroxylation sites is 2. The maximum Gasteiger partial charge on any atom is 0.311 e. The van der Waals surface area contributed by atoms with Gasteiger partial charge in [0.15, 0.2) is 0 Å². The number of nitro benzene ring substituents is 1. The van der Waals surface area contributed by atoms with Crippen LogP contribution in [-0.4, -0.2) is 15.1 Å². The lowest BCUT2D eigenvalue weighted by molar-refractivity contribution is -0.385. The molecule has 0 aliphatic rings. The molecule has 0 N–H and O–H groups in total. The molecule has 0 unspecified atom stereocenters. The van der Waals surface area contributed by atoms with Crippen LogP contribution in [0.5, 0.6) is 11.5 Å². The predicted molar refractivity (Wildman–Crippen MR) is 72.9 cm³/mol. The highest BCUT2D eigenvalue weighted by atomic mass is 16.6. The van der Waals surface area contributed by atoms with E-state index in [-0.39, 0.29) is 11.4 Å². The van der Waals surface area contributed by atoms with Gasteiger partial charge in [0, 0.05) is 11.6 Å². The number of aromatic nitrogens is 2. The van der Waals surface area contributed by atoms with Crippen LogP contribution < -0.4 is 4.74 Å². The summed E-state index contributed by atoms with van der Waals surface area (Å²) in [7, 11) is 0. The molecule has 104 valence electrons. The summed E-state index contributed by atoms with van der Waals surface area (Å²) in [6.07, 6.45) is 1.24. The molecule has 1 aromatic heterocycles. The second-order valence-corrected chi connectivity index (χ2v) is 4.10. The first-order chi connectivity index (χ1) is 10.2. The van der Waals surface area contributed by atoms with Crippen molar-refractivity contribution in [3.8, 4) is 23.0 Å². The van der Waals surface area contributed by atoms with E-state index in [4.69, 9.17) is 9.15 Å². The van der Waals surface area contributed by atoms with Gasteiger partial charge in [-0.1, -0.05) is 12.1 Å². The van der Waals surface area contributed by atoms with Crippen molar-refractivity contribution in [1.29, 1.82) is 0 Å². The van der Waals surface area contributed by atoms with Crippen LogP contribution in [0.4, 0.5) is 5.69 Å². The van der Waals surface area contributed by atoms with Crippen LogP contribution in [0.3, 0.4) is 0 Å². The second kappa shape index (κ2) is 5.41. The standard InChI is InChI=1S/C14H9N3O4/c18-17(19)12-3-1-2-4-13(12)21-11-7-5-10(6-8-11)14-16-15-9-20-14/h1-9H. The third-order valence-electron chi connectivity index (χ3n) is 2.75. The zero-order chi connectivity index (χ0) is 14.7. The first-order valence-electron chi connectivity index (χ1n) is 6.02. The molecule has 0 aliphatic carbocycles. The Morgan fingerprint density at radius 3 is 2.52 bits per heavy atom. The molecule has 2 aromatic carbocycles. The Balaban J connectivity index is 1.84. The van der Waals surface area contributed by atoms with E-state index >= 15 is 0 Å². The molecule has 0 radical (unpaired) electrons. The largest absolute Gasteiger partial charge is 0.450 e. The third-order valence-corrected chi connectivity index (χ3v) is 2.75. The number of ether oxygens (including phenoxy) is 1. The fourth-order valence-electron chi connectivity index (χ4n) is 1.79. The molecule has 1 heterocycles. The van der Waals surface area contributed by atoms with E-state index in [9.17, 15) is 10.1 Å². The Hall–Kier alpha value is -3.22. The zero-order valence-electron chi connectivity index (χ0n) is 10.7. The maximum atomic E-state index is 10.9. The van der Waals surface area contributed by atoms with E-state index in [0.717, 1.165) is 5.56 Å². The molecule has 21 heavy (non-hydrogen) atoms. The lowest BCUT2D eigenvalue weighted by Crippen LogP contribution is -1.92. The predicted octanol–water partition coefficient (Wildman–Crippen LogP) is 3.44. The molecule has 0 saturated heterocycles. The van der Waals surface area contributed by atoms with Gasteiger partial charge in [0.1, 0.15) is 5.75 Å². The van der Waals surface area contributed by atoms with Crippen molar-refractivity contribution in [2.45, 2.75) is 0 Å². The highest BCUT2D eigenvalue weighted by Gasteiger charge is 2.14. The summed E-state index contributed by atoms with van der Waals surface area (Å²) in [6.45, 7) is 0. The number of hydrogen-bond acceptors (Lipinski definition) is 6. The molecule has 0 atom stereocenters. The molecule has 0 bridgehead atoms. The number of benzene rings is 2. The number of nitro groups is 1. The van der Waals surface area contributed by atoms with Crippen molar-refractivity contribution in [2.75, 3.05) is 0 Å². The average molecular weight is 283 g/mol. The molecule has 0 amide bonds. The summed E-state index contributed by atoms with van der Waals surface area (Å²) in [5, 5.41) is 18.3. The highest BCUT2D eigenvalue weighted by Crippen LogP contribution is 2.31. The summed E-state index contributed by atoms with van der Waals surface area (Å²) in [6, 6.07) is 13.0. The Morgan fingerprint density at radius 2 is 1.86 bits per heavy atom. The summed E-state index contributed by atoms with van der Waals surface area (Å²) in [5.41, 5.74) is 0.654. The number of rotatable bonds is 4. The van der Waals surface area contributed by atoms with Gasteiger partial charge in [0.05, 0.1) is 4.92 Å². The number of hydrogen-bond donors (Lipinski definition) is 0. The maximum absolute atomic E-state index is 10.9. The van der Waals surface area contributed by atoms with Crippen LogP contribution in [0.2, 0.25) is 0 Å². The monoisotopic (exact) mass is 283 g/mol. The van der Waals surface area contributed by atoms with Gasteiger partial charge in [0.25, 0.3) is 0 Å². The minimum Gasteiger partial charge on any atom is -0.450 e. The Bertz CT molecular complexity index is 754. The minimum atomic E-state index is -0.484. The lowest BCUT2D eigenvalue weighted by Gasteiger charge is -2.06. The van der Waals surface area contributed by atoms with Crippen molar-refractivity contribution < 1.29 is 14.1 Å². The SMILES string of the molecule is O=[N+]([O-])c1ccccc1Oc1ccc(-c2nnco2)cc1. The second-order valence-electron chi connectivity index (χ2n) is 4.10. The highest BCUT2D eigenvalue weighted by molar-refractivity contribution is 5.55. The molecule has 3 rings (SSSR count). The first-order valence-corrected chi connectivity index (χ1v) is 6.02. The van der Waals surface area contributed by atoms with Gasteiger partial charge in [0.2, 0.25) is 18.0 Å². The van der Waals surface area contributed by atoms with Crippen LogP contribution >= 0.6 is 0 Å². The Labute approximate surface area is 119 Å². The molecule has 7 nitrogen and oxygen atoms in total. The summed E-state index contributed by atoms with van der Waals surface area (Å²) in [5.74, 6) is 1.06. The zero-order valence-corrected chi connectivity index (χ0v) is 10.7. The van der Waals surface area contributed by atoms with Gasteiger partial charge in [-0.3, -0.25) is 10.1 Å². The summed E-state index contributed by atoms with van der Waals surface area (Å²) < 4.78 is 10.6. The lowest BCUT2D eigenvalue weighted by atomic mass is 10.2. The van der Waals surface area contributed by atoms with E-state index in [0.29, 0.717) is 11.6 Å². The molecular formula is C14H9N3O4. The molecular weight excluding hydrogens is 274 g/mol. The fraction of sp³-hybridized carbons (Fsp3) is 0. The Morgan fingerprint density at radius 1 is 1.10 bits per heavy atom. The molecule has 7 heteroatoms. The number of nitrogens with zero attached hydrogens (tertiary/aromatic N) is 3. The van der Waals surface area contributed by atoms with Crippen LogP contribution in [0.1, 0.15) is 0 Å². The van der Waals surface area contributed by atoms with Crippen LogP contribution in [0.25, 0.3) is 11.5 Å². The molecule has 0 saturated carbocycles. The van der Waals surface area contributed by atoms with E-state index < -0.39 is 4.92 Å². The van der Waals surface area contributed by atoms with E-state index in [1.807, 2.05) is 0 Å². The van der Waals surface area contributed by atoms with Gasteiger partial charge >= 0.3 is 5.69 Å². The normalized spacial score (nSPS) is 10.3. The molecule has 0 aliphatic heterocycles. The van der Waals surface area contributed by atoms with Crippen molar-refractivity contribution in [1.82, 2.24) is 10.2 Å². The van der Waals surface area contributed by atoms with Gasteiger partial charge < -0.3 is 9.15 Å². The molecule has 0 spiro atoms. The topological polar surface area (TPSA) is 91.3 Å². The van der Waals surface area contributed by atoms with Crippen LogP contribution in [-0.2, 0) is 0 Å². The molecule has 3 aromatic rings. The van der Waals surface area contributed by atoms with Crippen molar-refractivity contribution >= 4 is 5.69 Å². The Kier molecular flexibility index (Phi) is 3.30. The summed E-state index contributed by atoms with van der Waals surface area (Å²) >= 11 is 0. The van der Waals surface area contributed by atoms with Gasteiger partial charge in [-0.25, -0.2) is 0 Å². The summed E-state index contributed by atoms with van der Waals surface area (Å²) in [4.78, 5) is 10.4. The smallest absolute Gasteiger partial charge is 0.311 e. The van der Waals surface area contributed by atoms with Crippen LogP contribution in [0.15, 0.2) is 59.3 Å². The molecule has 0 fully saturated rings. The van der Waals surface area contributed by atoms with Gasteiger partial charge in [-0.15, -0.1) is 10.2 Å². The third kappa shape index (κ3) is 2.71. The van der Waals surface area contributed by atoms with Crippen molar-refractivity contribution in [3.05, 3.63) is 65.0 Å². The van der Waals surface area contributed by atoms with Gasteiger partial charge in [-0.05, 0) is 30.3 Å². The average Bonchev–Trinajstić information content (AvgIpc) is 3.03. The first kappa shape index (κ1) is 12.8. The van der Waals surface area contributed by atoms with E-state index in [1.54, 1.807) is 42.5 Å².